The van der Waals surface area contributed by atoms with Gasteiger partial charge in [-0.15, -0.1) is 0 Å². The van der Waals surface area contributed by atoms with Crippen LogP contribution in [0.4, 0.5) is 11.4 Å². The normalized spacial score (nSPS) is 10.1. The van der Waals surface area contributed by atoms with Gasteiger partial charge in [-0.2, -0.15) is 0 Å². The van der Waals surface area contributed by atoms with E-state index in [0.29, 0.717) is 0 Å². The van der Waals surface area contributed by atoms with E-state index in [1.807, 2.05) is 6.92 Å². The summed E-state index contributed by atoms with van der Waals surface area (Å²) in [5, 5.41) is 10.6. The van der Waals surface area contributed by atoms with Gasteiger partial charge in [-0.3, -0.25) is 10.1 Å². The summed E-state index contributed by atoms with van der Waals surface area (Å²) in [5.74, 6) is 0. The molecular formula is C8H9IN2O2. The van der Waals surface area contributed by atoms with Crippen molar-refractivity contribution in [2.45, 2.75) is 13.8 Å². The topological polar surface area (TPSA) is 69.2 Å². The molecule has 0 spiro atoms. The number of benzene rings is 1. The van der Waals surface area contributed by atoms with Crippen molar-refractivity contribution in [3.05, 3.63) is 30.9 Å². The SMILES string of the molecule is Cc1c(I)cc([N+](=O)[O-])c(N)c1C. The Kier molecular flexibility index (Phi) is 2.74. The Morgan fingerprint density at radius 1 is 1.46 bits per heavy atom. The smallest absolute Gasteiger partial charge is 0.293 e. The number of hydrogen-bond acceptors (Lipinski definition) is 3. The molecule has 1 aromatic carbocycles. The molecule has 70 valence electrons. The number of anilines is 1. The van der Waals surface area contributed by atoms with Crippen molar-refractivity contribution in [1.29, 1.82) is 0 Å². The first-order valence-electron chi connectivity index (χ1n) is 3.64. The fraction of sp³-hybridized carbons (Fsp3) is 0.250. The lowest BCUT2D eigenvalue weighted by molar-refractivity contribution is -0.384. The average Bonchev–Trinajstić information content (AvgIpc) is 2.07. The Labute approximate surface area is 89.4 Å². The summed E-state index contributed by atoms with van der Waals surface area (Å²) in [7, 11) is 0. The number of nitrogen functional groups attached to an aromatic ring is 1. The Morgan fingerprint density at radius 3 is 2.46 bits per heavy atom. The largest absolute Gasteiger partial charge is 0.393 e. The average molecular weight is 292 g/mol. The van der Waals surface area contributed by atoms with Gasteiger partial charge in [-0.05, 0) is 47.6 Å². The van der Waals surface area contributed by atoms with Crippen LogP contribution in [0.3, 0.4) is 0 Å². The van der Waals surface area contributed by atoms with Gasteiger partial charge in [-0.25, -0.2) is 0 Å². The van der Waals surface area contributed by atoms with E-state index in [2.05, 4.69) is 22.6 Å². The van der Waals surface area contributed by atoms with Crippen LogP contribution < -0.4 is 5.73 Å². The number of hydrogen-bond donors (Lipinski definition) is 1. The summed E-state index contributed by atoms with van der Waals surface area (Å²) in [6, 6.07) is 1.50. The van der Waals surface area contributed by atoms with Gasteiger partial charge in [0, 0.05) is 9.64 Å². The standard InChI is InChI=1S/C8H9IN2O2/c1-4-5(2)8(10)7(11(12)13)3-6(4)9/h3H,10H2,1-2H3. The number of rotatable bonds is 1. The van der Waals surface area contributed by atoms with Crippen LogP contribution in [0.25, 0.3) is 0 Å². The van der Waals surface area contributed by atoms with Crippen LogP contribution in [0.5, 0.6) is 0 Å². The Morgan fingerprint density at radius 2 is 2.00 bits per heavy atom. The van der Waals surface area contributed by atoms with Gasteiger partial charge in [-0.1, -0.05) is 0 Å². The van der Waals surface area contributed by atoms with E-state index in [-0.39, 0.29) is 11.4 Å². The maximum absolute atomic E-state index is 10.6. The summed E-state index contributed by atoms with van der Waals surface area (Å²) >= 11 is 2.07. The third-order valence-electron chi connectivity index (χ3n) is 2.06. The molecule has 0 heterocycles. The van der Waals surface area contributed by atoms with Gasteiger partial charge in [0.2, 0.25) is 0 Å². The highest BCUT2D eigenvalue weighted by Crippen LogP contribution is 2.30. The quantitative estimate of drug-likeness (QED) is 0.374. The molecule has 1 aromatic rings. The summed E-state index contributed by atoms with van der Waals surface area (Å²) in [6.07, 6.45) is 0. The molecule has 2 N–H and O–H groups in total. The number of nitro groups is 1. The van der Waals surface area contributed by atoms with Crippen molar-refractivity contribution in [2.75, 3.05) is 5.73 Å². The lowest BCUT2D eigenvalue weighted by Gasteiger charge is -2.06. The van der Waals surface area contributed by atoms with Crippen LogP contribution in [0, 0.1) is 27.5 Å². The Bertz CT molecular complexity index is 377. The van der Waals surface area contributed by atoms with Gasteiger partial charge in [0.15, 0.2) is 0 Å². The van der Waals surface area contributed by atoms with Gasteiger partial charge >= 0.3 is 0 Å². The van der Waals surface area contributed by atoms with Crippen LogP contribution in [-0.2, 0) is 0 Å². The first-order valence-corrected chi connectivity index (χ1v) is 4.72. The number of nitro benzene ring substituents is 1. The van der Waals surface area contributed by atoms with E-state index in [1.54, 1.807) is 6.92 Å². The van der Waals surface area contributed by atoms with Gasteiger partial charge in [0.1, 0.15) is 5.69 Å². The Balaban J connectivity index is 3.50. The Hall–Kier alpha value is -0.850. The summed E-state index contributed by atoms with van der Waals surface area (Å²) < 4.78 is 0.871. The first kappa shape index (κ1) is 10.2. The molecule has 0 aliphatic carbocycles. The summed E-state index contributed by atoms with van der Waals surface area (Å²) in [4.78, 5) is 10.1. The molecule has 5 heteroatoms. The molecule has 0 saturated heterocycles. The molecule has 0 saturated carbocycles. The fourth-order valence-corrected chi connectivity index (χ4v) is 1.73. The van der Waals surface area contributed by atoms with E-state index >= 15 is 0 Å². The molecule has 0 aliphatic heterocycles. The highest BCUT2D eigenvalue weighted by molar-refractivity contribution is 14.1. The third kappa shape index (κ3) is 1.74. The second-order valence-electron chi connectivity index (χ2n) is 2.80. The highest BCUT2D eigenvalue weighted by atomic mass is 127. The lowest BCUT2D eigenvalue weighted by atomic mass is 10.1. The van der Waals surface area contributed by atoms with E-state index in [9.17, 15) is 10.1 Å². The second kappa shape index (κ2) is 3.49. The molecular weight excluding hydrogens is 283 g/mol. The lowest BCUT2D eigenvalue weighted by Crippen LogP contribution is -2.01. The molecule has 0 unspecified atom stereocenters. The van der Waals surface area contributed by atoms with Crippen molar-refractivity contribution in [2.24, 2.45) is 0 Å². The molecule has 1 rings (SSSR count). The number of halogens is 1. The number of nitrogens with zero attached hydrogens (tertiary/aromatic N) is 1. The summed E-state index contributed by atoms with van der Waals surface area (Å²) in [5.41, 5.74) is 7.66. The molecule has 4 nitrogen and oxygen atoms in total. The zero-order valence-electron chi connectivity index (χ0n) is 7.30. The van der Waals surface area contributed by atoms with Crippen molar-refractivity contribution in [1.82, 2.24) is 0 Å². The molecule has 13 heavy (non-hydrogen) atoms. The van der Waals surface area contributed by atoms with E-state index in [1.165, 1.54) is 6.07 Å². The maximum atomic E-state index is 10.6. The second-order valence-corrected chi connectivity index (χ2v) is 3.96. The van der Waals surface area contributed by atoms with Crippen LogP contribution in [0.1, 0.15) is 11.1 Å². The van der Waals surface area contributed by atoms with Crippen molar-refractivity contribution in [3.8, 4) is 0 Å². The molecule has 0 fully saturated rings. The van der Waals surface area contributed by atoms with Crippen LogP contribution in [0.2, 0.25) is 0 Å². The molecule has 0 aromatic heterocycles. The minimum Gasteiger partial charge on any atom is -0.393 e. The monoisotopic (exact) mass is 292 g/mol. The molecule has 0 aliphatic rings. The molecule has 0 amide bonds. The van der Waals surface area contributed by atoms with Crippen LogP contribution in [-0.4, -0.2) is 4.92 Å². The van der Waals surface area contributed by atoms with Crippen molar-refractivity contribution >= 4 is 34.0 Å². The zero-order chi connectivity index (χ0) is 10.2. The number of nitrogens with two attached hydrogens (primary N) is 1. The van der Waals surface area contributed by atoms with Crippen LogP contribution in [0.15, 0.2) is 6.07 Å². The zero-order valence-corrected chi connectivity index (χ0v) is 9.45. The van der Waals surface area contributed by atoms with E-state index in [4.69, 9.17) is 5.73 Å². The molecule has 0 radical (unpaired) electrons. The maximum Gasteiger partial charge on any atom is 0.293 e. The van der Waals surface area contributed by atoms with Gasteiger partial charge < -0.3 is 5.73 Å². The minimum absolute atomic E-state index is 0.00694. The third-order valence-corrected chi connectivity index (χ3v) is 3.18. The molecule has 0 atom stereocenters. The summed E-state index contributed by atoms with van der Waals surface area (Å²) in [6.45, 7) is 3.69. The van der Waals surface area contributed by atoms with Crippen LogP contribution >= 0.6 is 22.6 Å². The van der Waals surface area contributed by atoms with Crippen molar-refractivity contribution < 1.29 is 4.92 Å². The molecule has 0 bridgehead atoms. The predicted molar refractivity (Wildman–Crippen MR) is 59.7 cm³/mol. The van der Waals surface area contributed by atoms with E-state index in [0.717, 1.165) is 14.7 Å². The minimum atomic E-state index is -0.454. The van der Waals surface area contributed by atoms with Crippen molar-refractivity contribution in [3.63, 3.8) is 0 Å². The highest BCUT2D eigenvalue weighted by Gasteiger charge is 2.16. The van der Waals surface area contributed by atoms with E-state index < -0.39 is 4.92 Å². The fourth-order valence-electron chi connectivity index (χ4n) is 1.03. The first-order chi connectivity index (χ1) is 5.95. The predicted octanol–water partition coefficient (Wildman–Crippen LogP) is 2.40. The van der Waals surface area contributed by atoms with Gasteiger partial charge in [0.25, 0.3) is 5.69 Å². The van der Waals surface area contributed by atoms with Gasteiger partial charge in [0.05, 0.1) is 4.92 Å².